The molecule has 0 saturated carbocycles. The van der Waals surface area contributed by atoms with Crippen LogP contribution in [0.4, 0.5) is 0 Å². The summed E-state index contributed by atoms with van der Waals surface area (Å²) < 4.78 is 10.6. The maximum absolute atomic E-state index is 10.8. The van der Waals surface area contributed by atoms with Crippen molar-refractivity contribution in [1.29, 1.82) is 0 Å². The first-order valence-corrected chi connectivity index (χ1v) is 5.98. The fraction of sp³-hybridized carbons (Fsp3) is 0.500. The number of carbonyl (C=O) groups is 1. The fourth-order valence-corrected chi connectivity index (χ4v) is 1.40. The molecule has 0 aliphatic rings. The number of ether oxygens (including phenoxy) is 2. The molecule has 1 rings (SSSR count). The van der Waals surface area contributed by atoms with Gasteiger partial charge in [0.05, 0.1) is 12.2 Å². The summed E-state index contributed by atoms with van der Waals surface area (Å²) in [5.74, 6) is -0.416. The first-order chi connectivity index (χ1) is 8.49. The second kappa shape index (κ2) is 7.18. The van der Waals surface area contributed by atoms with Gasteiger partial charge in [0.15, 0.2) is 0 Å². The predicted molar refractivity (Wildman–Crippen MR) is 67.4 cm³/mol. The Labute approximate surface area is 111 Å². The standard InChI is InChI=1S/C12H16ClNO4/c1-8(2)7-17-3-4-18-11-6-9(12(15)16)5-10(13)14-11/h5-6,8H,3-4,7H2,1-2H3,(H,15,16). The van der Waals surface area contributed by atoms with E-state index in [9.17, 15) is 4.79 Å². The zero-order valence-corrected chi connectivity index (χ0v) is 11.1. The lowest BCUT2D eigenvalue weighted by Crippen LogP contribution is -2.11. The molecule has 1 aromatic rings. The van der Waals surface area contributed by atoms with E-state index in [1.807, 2.05) is 0 Å². The van der Waals surface area contributed by atoms with E-state index in [2.05, 4.69) is 18.8 Å². The molecular weight excluding hydrogens is 258 g/mol. The van der Waals surface area contributed by atoms with Crippen LogP contribution in [-0.4, -0.2) is 35.9 Å². The van der Waals surface area contributed by atoms with E-state index in [1.54, 1.807) is 0 Å². The summed E-state index contributed by atoms with van der Waals surface area (Å²) in [5, 5.41) is 8.93. The molecule has 0 amide bonds. The molecule has 5 nitrogen and oxygen atoms in total. The molecule has 0 bridgehead atoms. The lowest BCUT2D eigenvalue weighted by Gasteiger charge is -2.08. The van der Waals surface area contributed by atoms with Gasteiger partial charge in [-0.3, -0.25) is 0 Å². The number of nitrogens with zero attached hydrogens (tertiary/aromatic N) is 1. The smallest absolute Gasteiger partial charge is 0.335 e. The Morgan fingerprint density at radius 3 is 2.78 bits per heavy atom. The molecule has 0 unspecified atom stereocenters. The van der Waals surface area contributed by atoms with Gasteiger partial charge >= 0.3 is 5.97 Å². The van der Waals surface area contributed by atoms with Crippen LogP contribution in [0.5, 0.6) is 5.88 Å². The van der Waals surface area contributed by atoms with Crippen molar-refractivity contribution in [1.82, 2.24) is 4.98 Å². The van der Waals surface area contributed by atoms with Crippen molar-refractivity contribution in [3.8, 4) is 5.88 Å². The third-order valence-corrected chi connectivity index (χ3v) is 2.14. The summed E-state index contributed by atoms with van der Waals surface area (Å²) in [6.45, 7) is 5.50. The van der Waals surface area contributed by atoms with E-state index in [1.165, 1.54) is 12.1 Å². The van der Waals surface area contributed by atoms with Crippen molar-refractivity contribution >= 4 is 17.6 Å². The Hall–Kier alpha value is -1.33. The van der Waals surface area contributed by atoms with E-state index < -0.39 is 5.97 Å². The van der Waals surface area contributed by atoms with Gasteiger partial charge in [0.25, 0.3) is 0 Å². The van der Waals surface area contributed by atoms with Crippen LogP contribution < -0.4 is 4.74 Å². The fourth-order valence-electron chi connectivity index (χ4n) is 1.19. The molecule has 1 heterocycles. The van der Waals surface area contributed by atoms with E-state index in [-0.39, 0.29) is 16.6 Å². The highest BCUT2D eigenvalue weighted by molar-refractivity contribution is 6.29. The minimum Gasteiger partial charge on any atom is -0.478 e. The molecule has 6 heteroatoms. The highest BCUT2D eigenvalue weighted by Gasteiger charge is 2.08. The number of aromatic carboxylic acids is 1. The first kappa shape index (κ1) is 14.7. The van der Waals surface area contributed by atoms with Gasteiger partial charge in [-0.1, -0.05) is 25.4 Å². The minimum atomic E-state index is -1.07. The van der Waals surface area contributed by atoms with Gasteiger partial charge in [-0.15, -0.1) is 0 Å². The van der Waals surface area contributed by atoms with Gasteiger partial charge in [0, 0.05) is 12.7 Å². The Kier molecular flexibility index (Phi) is 5.88. The van der Waals surface area contributed by atoms with Crippen molar-refractivity contribution in [3.63, 3.8) is 0 Å². The third-order valence-electron chi connectivity index (χ3n) is 1.95. The highest BCUT2D eigenvalue weighted by Crippen LogP contribution is 2.16. The van der Waals surface area contributed by atoms with Crippen molar-refractivity contribution in [2.45, 2.75) is 13.8 Å². The van der Waals surface area contributed by atoms with Crippen molar-refractivity contribution in [2.75, 3.05) is 19.8 Å². The first-order valence-electron chi connectivity index (χ1n) is 5.60. The molecule has 0 fully saturated rings. The van der Waals surface area contributed by atoms with E-state index >= 15 is 0 Å². The predicted octanol–water partition coefficient (Wildman–Crippen LogP) is 2.48. The number of rotatable bonds is 7. The summed E-state index contributed by atoms with van der Waals surface area (Å²) >= 11 is 5.69. The third kappa shape index (κ3) is 5.33. The van der Waals surface area contributed by atoms with Crippen molar-refractivity contribution < 1.29 is 19.4 Å². The summed E-state index contributed by atoms with van der Waals surface area (Å²) in [7, 11) is 0. The van der Waals surface area contributed by atoms with Crippen LogP contribution in [0.3, 0.4) is 0 Å². The van der Waals surface area contributed by atoms with Crippen LogP contribution in [0.1, 0.15) is 24.2 Å². The van der Waals surface area contributed by atoms with E-state index in [0.29, 0.717) is 25.7 Å². The molecule has 0 atom stereocenters. The number of hydrogen-bond acceptors (Lipinski definition) is 4. The Morgan fingerprint density at radius 1 is 1.44 bits per heavy atom. The SMILES string of the molecule is CC(C)COCCOc1cc(C(=O)O)cc(Cl)n1. The van der Waals surface area contributed by atoms with Gasteiger partial charge in [-0.05, 0) is 12.0 Å². The molecule has 0 aliphatic heterocycles. The van der Waals surface area contributed by atoms with Crippen LogP contribution in [0, 0.1) is 5.92 Å². The topological polar surface area (TPSA) is 68.7 Å². The molecule has 0 radical (unpaired) electrons. The van der Waals surface area contributed by atoms with E-state index in [4.69, 9.17) is 26.2 Å². The summed E-state index contributed by atoms with van der Waals surface area (Å²) in [6, 6.07) is 2.60. The number of carboxylic acid groups (broad SMARTS) is 1. The lowest BCUT2D eigenvalue weighted by molar-refractivity contribution is 0.0694. The molecule has 1 N–H and O–H groups in total. The Balaban J connectivity index is 2.44. The normalized spacial score (nSPS) is 10.7. The molecule has 0 aromatic carbocycles. The van der Waals surface area contributed by atoms with Crippen LogP contribution in [0.15, 0.2) is 12.1 Å². The zero-order valence-electron chi connectivity index (χ0n) is 10.4. The molecule has 1 aromatic heterocycles. The van der Waals surface area contributed by atoms with Gasteiger partial charge in [-0.25, -0.2) is 9.78 Å². The average Bonchev–Trinajstić information content (AvgIpc) is 2.27. The maximum atomic E-state index is 10.8. The van der Waals surface area contributed by atoms with Gasteiger partial charge in [0.2, 0.25) is 5.88 Å². The second-order valence-electron chi connectivity index (χ2n) is 4.14. The lowest BCUT2D eigenvalue weighted by atomic mass is 10.2. The van der Waals surface area contributed by atoms with Crippen molar-refractivity contribution in [2.24, 2.45) is 5.92 Å². The number of halogens is 1. The summed E-state index contributed by atoms with van der Waals surface area (Å²) in [5.41, 5.74) is 0.0492. The molecule has 0 aliphatic carbocycles. The average molecular weight is 274 g/mol. The zero-order chi connectivity index (χ0) is 13.5. The maximum Gasteiger partial charge on any atom is 0.335 e. The van der Waals surface area contributed by atoms with Crippen LogP contribution >= 0.6 is 11.6 Å². The van der Waals surface area contributed by atoms with Gasteiger partial charge < -0.3 is 14.6 Å². The monoisotopic (exact) mass is 273 g/mol. The number of pyridine rings is 1. The van der Waals surface area contributed by atoms with Crippen LogP contribution in [-0.2, 0) is 4.74 Å². The second-order valence-corrected chi connectivity index (χ2v) is 4.53. The number of carboxylic acids is 1. The van der Waals surface area contributed by atoms with Crippen LogP contribution in [0.25, 0.3) is 0 Å². The minimum absolute atomic E-state index is 0.0492. The number of hydrogen-bond donors (Lipinski definition) is 1. The number of aromatic nitrogens is 1. The molecular formula is C12H16ClNO4. The summed E-state index contributed by atoms with van der Waals surface area (Å²) in [4.78, 5) is 14.7. The summed E-state index contributed by atoms with van der Waals surface area (Å²) in [6.07, 6.45) is 0. The molecule has 100 valence electrons. The Morgan fingerprint density at radius 2 is 2.17 bits per heavy atom. The van der Waals surface area contributed by atoms with Crippen molar-refractivity contribution in [3.05, 3.63) is 22.8 Å². The molecule has 0 saturated heterocycles. The molecule has 0 spiro atoms. The van der Waals surface area contributed by atoms with E-state index in [0.717, 1.165) is 0 Å². The largest absolute Gasteiger partial charge is 0.478 e. The highest BCUT2D eigenvalue weighted by atomic mass is 35.5. The van der Waals surface area contributed by atoms with Gasteiger partial charge in [-0.2, -0.15) is 0 Å². The quantitative estimate of drug-likeness (QED) is 0.610. The Bertz CT molecular complexity index is 409. The molecule has 18 heavy (non-hydrogen) atoms. The van der Waals surface area contributed by atoms with Crippen LogP contribution in [0.2, 0.25) is 5.15 Å². The van der Waals surface area contributed by atoms with Gasteiger partial charge in [0.1, 0.15) is 11.8 Å².